The van der Waals surface area contributed by atoms with Gasteiger partial charge in [0, 0.05) is 23.4 Å². The highest BCUT2D eigenvalue weighted by Gasteiger charge is 2.24. The average molecular weight is 403 g/mol. The summed E-state index contributed by atoms with van der Waals surface area (Å²) in [7, 11) is 0. The summed E-state index contributed by atoms with van der Waals surface area (Å²) in [5.74, 6) is -2.81. The van der Waals surface area contributed by atoms with E-state index in [-0.39, 0.29) is 16.9 Å². The van der Waals surface area contributed by atoms with Gasteiger partial charge in [-0.05, 0) is 38.1 Å². The normalized spacial score (nSPS) is 12.4. The molecule has 2 rings (SSSR count). The molecule has 29 heavy (non-hydrogen) atoms. The number of nitrogens with zero attached hydrogens (tertiary/aromatic N) is 1. The zero-order valence-electron chi connectivity index (χ0n) is 15.5. The molecule has 2 aromatic carbocycles. The summed E-state index contributed by atoms with van der Waals surface area (Å²) in [6.07, 6.45) is -1.21. The molecule has 0 unspecified atom stereocenters. The average Bonchev–Trinajstić information content (AvgIpc) is 2.67. The molecule has 0 bridgehead atoms. The lowest BCUT2D eigenvalue weighted by Crippen LogP contribution is -2.42. The van der Waals surface area contributed by atoms with Crippen LogP contribution in [0.2, 0.25) is 0 Å². The van der Waals surface area contributed by atoms with Crippen LogP contribution in [0.1, 0.15) is 24.2 Å². The van der Waals surface area contributed by atoms with E-state index in [9.17, 15) is 28.9 Å². The van der Waals surface area contributed by atoms with Gasteiger partial charge in [-0.2, -0.15) is 0 Å². The lowest BCUT2D eigenvalue weighted by molar-refractivity contribution is -0.384. The molecule has 0 aliphatic carbocycles. The van der Waals surface area contributed by atoms with Crippen molar-refractivity contribution < 1.29 is 28.4 Å². The van der Waals surface area contributed by atoms with Crippen LogP contribution in [0.15, 0.2) is 48.5 Å². The largest absolute Gasteiger partial charge is 0.451 e. The van der Waals surface area contributed by atoms with E-state index in [0.29, 0.717) is 0 Å². The summed E-state index contributed by atoms with van der Waals surface area (Å²) in [6.45, 7) is 2.66. The van der Waals surface area contributed by atoms with Crippen LogP contribution in [0.3, 0.4) is 0 Å². The number of ether oxygens (including phenoxy) is 1. The van der Waals surface area contributed by atoms with E-state index < -0.39 is 40.7 Å². The summed E-state index contributed by atoms with van der Waals surface area (Å²) in [5, 5.41) is 15.5. The molecule has 2 N–H and O–H groups in total. The highest BCUT2D eigenvalue weighted by Crippen LogP contribution is 2.13. The Hall–Kier alpha value is -3.82. The summed E-state index contributed by atoms with van der Waals surface area (Å²) in [5.41, 5.74) is -0.0730. The third kappa shape index (κ3) is 6.09. The third-order valence-electron chi connectivity index (χ3n) is 3.77. The van der Waals surface area contributed by atoms with E-state index in [1.165, 1.54) is 50.2 Å². The van der Waals surface area contributed by atoms with Gasteiger partial charge in [-0.3, -0.25) is 19.7 Å². The molecule has 0 aromatic heterocycles. The maximum atomic E-state index is 13.2. The van der Waals surface area contributed by atoms with E-state index >= 15 is 0 Å². The van der Waals surface area contributed by atoms with Gasteiger partial charge in [0.15, 0.2) is 6.10 Å². The first-order valence-corrected chi connectivity index (χ1v) is 8.49. The Morgan fingerprint density at radius 1 is 1.10 bits per heavy atom. The Bertz CT molecular complexity index is 949. The molecule has 0 fully saturated rings. The van der Waals surface area contributed by atoms with E-state index in [1.807, 2.05) is 0 Å². The molecule has 2 amide bonds. The molecular formula is C19H18FN3O6. The lowest BCUT2D eigenvalue weighted by Gasteiger charge is -2.17. The quantitative estimate of drug-likeness (QED) is 0.415. The van der Waals surface area contributed by atoms with Crippen LogP contribution in [-0.2, 0) is 14.3 Å². The van der Waals surface area contributed by atoms with Crippen molar-refractivity contribution in [3.05, 3.63) is 70.0 Å². The van der Waals surface area contributed by atoms with Crippen molar-refractivity contribution in [1.82, 2.24) is 5.32 Å². The molecule has 0 heterocycles. The second kappa shape index (κ2) is 9.40. The number of nitro groups is 1. The van der Waals surface area contributed by atoms with Gasteiger partial charge < -0.3 is 15.4 Å². The molecule has 0 saturated heterocycles. The number of rotatable bonds is 7. The van der Waals surface area contributed by atoms with Crippen LogP contribution >= 0.6 is 0 Å². The second-order valence-corrected chi connectivity index (χ2v) is 6.08. The first-order valence-electron chi connectivity index (χ1n) is 8.49. The summed E-state index contributed by atoms with van der Waals surface area (Å²) >= 11 is 0. The number of esters is 1. The molecule has 0 radical (unpaired) electrons. The Balaban J connectivity index is 1.92. The molecule has 152 valence electrons. The van der Waals surface area contributed by atoms with Crippen molar-refractivity contribution in [2.45, 2.75) is 26.0 Å². The van der Waals surface area contributed by atoms with Crippen LogP contribution in [-0.4, -0.2) is 34.9 Å². The number of anilines is 1. The van der Waals surface area contributed by atoms with Crippen LogP contribution in [0, 0.1) is 15.9 Å². The number of carbonyl (C=O) groups is 3. The molecule has 2 atom stereocenters. The number of non-ortho nitro benzene ring substituents is 1. The van der Waals surface area contributed by atoms with Crippen LogP contribution in [0.4, 0.5) is 15.8 Å². The molecule has 0 aliphatic heterocycles. The monoisotopic (exact) mass is 403 g/mol. The fourth-order valence-electron chi connectivity index (χ4n) is 2.24. The Kier molecular flexibility index (Phi) is 6.96. The highest BCUT2D eigenvalue weighted by atomic mass is 19.1. The van der Waals surface area contributed by atoms with Crippen LogP contribution < -0.4 is 10.6 Å². The summed E-state index contributed by atoms with van der Waals surface area (Å²) < 4.78 is 18.2. The molecule has 0 saturated carbocycles. The van der Waals surface area contributed by atoms with E-state index in [4.69, 9.17) is 4.74 Å². The Labute approximate surface area is 165 Å². The SMILES string of the molecule is C[C@H](NC(=O)c1cccc([N+](=O)[O-])c1)C(=O)O[C@H](C)C(=O)Nc1cccc(F)c1. The van der Waals surface area contributed by atoms with E-state index in [2.05, 4.69) is 10.6 Å². The minimum Gasteiger partial charge on any atom is -0.451 e. The van der Waals surface area contributed by atoms with Crippen molar-refractivity contribution in [1.29, 1.82) is 0 Å². The molecule has 2 aromatic rings. The van der Waals surface area contributed by atoms with Gasteiger partial charge in [0.2, 0.25) is 0 Å². The first-order chi connectivity index (χ1) is 13.7. The molecular weight excluding hydrogens is 385 g/mol. The van der Waals surface area contributed by atoms with Crippen LogP contribution in [0.5, 0.6) is 0 Å². The minimum absolute atomic E-state index is 0.00394. The number of carbonyl (C=O) groups excluding carboxylic acids is 3. The topological polar surface area (TPSA) is 128 Å². The molecule has 9 nitrogen and oxygen atoms in total. The van der Waals surface area contributed by atoms with Gasteiger partial charge in [-0.15, -0.1) is 0 Å². The van der Waals surface area contributed by atoms with Crippen LogP contribution in [0.25, 0.3) is 0 Å². The fourth-order valence-corrected chi connectivity index (χ4v) is 2.24. The van der Waals surface area contributed by atoms with Crippen molar-refractivity contribution in [2.24, 2.45) is 0 Å². The smallest absolute Gasteiger partial charge is 0.329 e. The molecule has 0 aliphatic rings. The van der Waals surface area contributed by atoms with Gasteiger partial charge in [-0.1, -0.05) is 12.1 Å². The van der Waals surface area contributed by atoms with Crippen molar-refractivity contribution >= 4 is 29.2 Å². The second-order valence-electron chi connectivity index (χ2n) is 6.08. The maximum absolute atomic E-state index is 13.2. The van der Waals surface area contributed by atoms with Gasteiger partial charge in [-0.25, -0.2) is 9.18 Å². The number of hydrogen-bond acceptors (Lipinski definition) is 6. The standard InChI is InChI=1S/C19H18FN3O6/c1-11(21-18(25)13-5-3-8-16(9-13)23(27)28)19(26)29-12(2)17(24)22-15-7-4-6-14(20)10-15/h3-12H,1-2H3,(H,21,25)(H,22,24)/t11-,12+/m0/s1. The zero-order chi connectivity index (χ0) is 21.6. The Morgan fingerprint density at radius 3 is 2.45 bits per heavy atom. The highest BCUT2D eigenvalue weighted by molar-refractivity contribution is 5.98. The maximum Gasteiger partial charge on any atom is 0.329 e. The number of nitro benzene ring substituents is 1. The lowest BCUT2D eigenvalue weighted by atomic mass is 10.2. The molecule has 10 heteroatoms. The predicted molar refractivity (Wildman–Crippen MR) is 101 cm³/mol. The number of hydrogen-bond donors (Lipinski definition) is 2. The summed E-state index contributed by atoms with van der Waals surface area (Å²) in [4.78, 5) is 46.5. The zero-order valence-corrected chi connectivity index (χ0v) is 15.5. The predicted octanol–water partition coefficient (Wildman–Crippen LogP) is 2.42. The number of halogens is 1. The van der Waals surface area contributed by atoms with Crippen molar-refractivity contribution in [3.8, 4) is 0 Å². The van der Waals surface area contributed by atoms with E-state index in [1.54, 1.807) is 0 Å². The van der Waals surface area contributed by atoms with Gasteiger partial charge >= 0.3 is 5.97 Å². The molecule has 0 spiro atoms. The minimum atomic E-state index is -1.21. The van der Waals surface area contributed by atoms with Gasteiger partial charge in [0.25, 0.3) is 17.5 Å². The fraction of sp³-hybridized carbons (Fsp3) is 0.211. The number of benzene rings is 2. The summed E-state index contributed by atoms with van der Waals surface area (Å²) in [6, 6.07) is 9.08. The van der Waals surface area contributed by atoms with E-state index in [0.717, 1.165) is 12.1 Å². The first kappa shape index (κ1) is 21.5. The van der Waals surface area contributed by atoms with Gasteiger partial charge in [0.05, 0.1) is 4.92 Å². The Morgan fingerprint density at radius 2 is 1.79 bits per heavy atom. The van der Waals surface area contributed by atoms with Crippen molar-refractivity contribution in [3.63, 3.8) is 0 Å². The number of nitrogens with one attached hydrogen (secondary N) is 2. The third-order valence-corrected chi connectivity index (χ3v) is 3.77. The number of amides is 2. The van der Waals surface area contributed by atoms with Crippen molar-refractivity contribution in [2.75, 3.05) is 5.32 Å². The van der Waals surface area contributed by atoms with Gasteiger partial charge in [0.1, 0.15) is 11.9 Å².